The average molecular weight is 364 g/mol. The maximum absolute atomic E-state index is 12.3. The van der Waals surface area contributed by atoms with E-state index in [1.54, 1.807) is 25.0 Å². The molecule has 6 heteroatoms. The molecule has 2 heterocycles. The van der Waals surface area contributed by atoms with Gasteiger partial charge in [0.2, 0.25) is 5.76 Å². The number of aromatic nitrogens is 2. The van der Waals surface area contributed by atoms with Gasteiger partial charge >= 0.3 is 5.97 Å². The Morgan fingerprint density at radius 1 is 1.08 bits per heavy atom. The molecule has 0 aliphatic heterocycles. The molecule has 0 aliphatic carbocycles. The molecule has 5 nitrogen and oxygen atoms in total. The minimum absolute atomic E-state index is 0.263. The van der Waals surface area contributed by atoms with Crippen LogP contribution in [0, 0.1) is 0 Å². The van der Waals surface area contributed by atoms with Crippen LogP contribution in [-0.2, 0) is 10.5 Å². The molecule has 4 rings (SSSR count). The van der Waals surface area contributed by atoms with Gasteiger partial charge in [0.05, 0.1) is 12.1 Å². The van der Waals surface area contributed by atoms with Crippen molar-refractivity contribution in [1.82, 2.24) is 9.97 Å². The highest BCUT2D eigenvalue weighted by atomic mass is 32.2. The second kappa shape index (κ2) is 7.17. The van der Waals surface area contributed by atoms with E-state index in [2.05, 4.69) is 9.97 Å². The topological polar surface area (TPSA) is 65.2 Å². The van der Waals surface area contributed by atoms with Crippen LogP contribution in [0.5, 0.6) is 0 Å². The standard InChI is InChI=1S/C20H16N2O3S/c1-2-24-20(23)18-15(13-7-4-6-10-17(13)25-18)11-26-19-14-8-3-5-9-16(14)21-12-22-19/h3-10,12H,2,11H2,1H3. The van der Waals surface area contributed by atoms with Gasteiger partial charge in [-0.25, -0.2) is 14.8 Å². The van der Waals surface area contributed by atoms with Crippen molar-refractivity contribution in [3.63, 3.8) is 0 Å². The molecule has 0 amide bonds. The van der Waals surface area contributed by atoms with Gasteiger partial charge in [0.25, 0.3) is 0 Å². The quantitative estimate of drug-likeness (QED) is 0.287. The molecule has 0 saturated carbocycles. The normalized spacial score (nSPS) is 11.1. The van der Waals surface area contributed by atoms with Crippen LogP contribution in [0.1, 0.15) is 23.0 Å². The lowest BCUT2D eigenvalue weighted by atomic mass is 10.1. The number of rotatable bonds is 5. The Hall–Kier alpha value is -2.86. The van der Waals surface area contributed by atoms with Crippen LogP contribution in [0.15, 0.2) is 64.3 Å². The third-order valence-electron chi connectivity index (χ3n) is 4.02. The van der Waals surface area contributed by atoms with Crippen molar-refractivity contribution in [3.8, 4) is 0 Å². The summed E-state index contributed by atoms with van der Waals surface area (Å²) in [4.78, 5) is 21.0. The van der Waals surface area contributed by atoms with Gasteiger partial charge in [-0.1, -0.05) is 36.4 Å². The van der Waals surface area contributed by atoms with Crippen LogP contribution >= 0.6 is 11.8 Å². The van der Waals surface area contributed by atoms with Gasteiger partial charge in [-0.05, 0) is 19.1 Å². The number of carbonyl (C=O) groups is 1. The van der Waals surface area contributed by atoms with Crippen LogP contribution in [0.2, 0.25) is 0 Å². The summed E-state index contributed by atoms with van der Waals surface area (Å²) < 4.78 is 10.9. The van der Waals surface area contributed by atoms with E-state index in [4.69, 9.17) is 9.15 Å². The Morgan fingerprint density at radius 2 is 1.85 bits per heavy atom. The van der Waals surface area contributed by atoms with Crippen LogP contribution in [0.3, 0.4) is 0 Å². The van der Waals surface area contributed by atoms with Crippen LogP contribution < -0.4 is 0 Å². The number of benzene rings is 2. The van der Waals surface area contributed by atoms with E-state index in [9.17, 15) is 4.79 Å². The summed E-state index contributed by atoms with van der Waals surface area (Å²) >= 11 is 1.55. The predicted octanol–water partition coefficient (Wildman–Crippen LogP) is 4.85. The number of esters is 1. The molecule has 0 unspecified atom stereocenters. The second-order valence-corrected chi connectivity index (χ2v) is 6.58. The number of nitrogens with zero attached hydrogens (tertiary/aromatic N) is 2. The van der Waals surface area contributed by atoms with E-state index in [0.29, 0.717) is 17.9 Å². The number of fused-ring (bicyclic) bond motifs is 2. The summed E-state index contributed by atoms with van der Waals surface area (Å²) in [6.07, 6.45) is 1.56. The number of thioether (sulfide) groups is 1. The van der Waals surface area contributed by atoms with Crippen LogP contribution in [0.4, 0.5) is 0 Å². The fourth-order valence-corrected chi connectivity index (χ4v) is 3.86. The molecule has 0 saturated heterocycles. The molecule has 0 bridgehead atoms. The third-order valence-corrected chi connectivity index (χ3v) is 5.05. The Morgan fingerprint density at radius 3 is 2.69 bits per heavy atom. The van der Waals surface area contributed by atoms with E-state index in [0.717, 1.165) is 26.9 Å². The Balaban J connectivity index is 1.72. The van der Waals surface area contributed by atoms with Gasteiger partial charge in [-0.3, -0.25) is 0 Å². The van der Waals surface area contributed by atoms with E-state index in [1.165, 1.54) is 0 Å². The number of hydrogen-bond donors (Lipinski definition) is 0. The van der Waals surface area contributed by atoms with Crippen molar-refractivity contribution in [2.24, 2.45) is 0 Å². The molecule has 0 radical (unpaired) electrons. The molecule has 0 fully saturated rings. The molecule has 130 valence electrons. The maximum Gasteiger partial charge on any atom is 0.374 e. The minimum atomic E-state index is -0.438. The number of carbonyl (C=O) groups excluding carboxylic acids is 1. The fraction of sp³-hybridized carbons (Fsp3) is 0.150. The summed E-state index contributed by atoms with van der Waals surface area (Å²) in [6.45, 7) is 2.08. The zero-order valence-electron chi connectivity index (χ0n) is 14.1. The van der Waals surface area contributed by atoms with Gasteiger partial charge < -0.3 is 9.15 Å². The zero-order chi connectivity index (χ0) is 17.9. The molecule has 0 atom stereocenters. The molecule has 0 spiro atoms. The molecular formula is C20H16N2O3S. The number of ether oxygens (including phenoxy) is 1. The van der Waals surface area contributed by atoms with Gasteiger partial charge in [0.1, 0.15) is 16.9 Å². The van der Waals surface area contributed by atoms with E-state index in [-0.39, 0.29) is 5.76 Å². The largest absolute Gasteiger partial charge is 0.460 e. The molecule has 4 aromatic rings. The van der Waals surface area contributed by atoms with Gasteiger partial charge in [-0.15, -0.1) is 11.8 Å². The maximum atomic E-state index is 12.3. The molecule has 2 aromatic carbocycles. The number of hydrogen-bond acceptors (Lipinski definition) is 6. The first kappa shape index (κ1) is 16.6. The van der Waals surface area contributed by atoms with Crippen molar-refractivity contribution in [1.29, 1.82) is 0 Å². The summed E-state index contributed by atoms with van der Waals surface area (Å²) in [6, 6.07) is 15.5. The lowest BCUT2D eigenvalue weighted by molar-refractivity contribution is 0.0491. The van der Waals surface area contributed by atoms with Gasteiger partial charge in [0, 0.05) is 22.1 Å². The zero-order valence-corrected chi connectivity index (χ0v) is 15.0. The van der Waals surface area contributed by atoms with E-state index in [1.807, 2.05) is 48.5 Å². The summed E-state index contributed by atoms with van der Waals surface area (Å²) in [5.74, 6) is 0.373. The highest BCUT2D eigenvalue weighted by molar-refractivity contribution is 7.98. The van der Waals surface area contributed by atoms with Gasteiger partial charge in [-0.2, -0.15) is 0 Å². The summed E-state index contributed by atoms with van der Waals surface area (Å²) in [5.41, 5.74) is 2.40. The second-order valence-electron chi connectivity index (χ2n) is 5.61. The monoisotopic (exact) mass is 364 g/mol. The molecule has 0 aliphatic rings. The highest BCUT2D eigenvalue weighted by Crippen LogP contribution is 2.33. The first-order valence-electron chi connectivity index (χ1n) is 8.28. The van der Waals surface area contributed by atoms with Crippen molar-refractivity contribution in [2.75, 3.05) is 6.61 Å². The molecular weight excluding hydrogens is 348 g/mol. The Kier molecular flexibility index (Phi) is 4.58. The summed E-state index contributed by atoms with van der Waals surface area (Å²) in [5, 5.41) is 2.78. The van der Waals surface area contributed by atoms with Gasteiger partial charge in [0.15, 0.2) is 0 Å². The number of furan rings is 1. The Bertz CT molecular complexity index is 1090. The van der Waals surface area contributed by atoms with Crippen LogP contribution in [0.25, 0.3) is 21.9 Å². The predicted molar refractivity (Wildman–Crippen MR) is 101 cm³/mol. The lowest BCUT2D eigenvalue weighted by Crippen LogP contribution is -2.05. The summed E-state index contributed by atoms with van der Waals surface area (Å²) in [7, 11) is 0. The lowest BCUT2D eigenvalue weighted by Gasteiger charge is -2.05. The molecule has 26 heavy (non-hydrogen) atoms. The minimum Gasteiger partial charge on any atom is -0.460 e. The smallest absolute Gasteiger partial charge is 0.374 e. The van der Waals surface area contributed by atoms with E-state index >= 15 is 0 Å². The highest BCUT2D eigenvalue weighted by Gasteiger charge is 2.22. The Labute approximate surface area is 154 Å². The van der Waals surface area contributed by atoms with Crippen LogP contribution in [-0.4, -0.2) is 22.5 Å². The van der Waals surface area contributed by atoms with Crippen molar-refractivity contribution >= 4 is 39.6 Å². The van der Waals surface area contributed by atoms with E-state index < -0.39 is 5.97 Å². The molecule has 2 aromatic heterocycles. The first-order chi connectivity index (χ1) is 12.8. The fourth-order valence-electron chi connectivity index (χ4n) is 2.84. The first-order valence-corrected chi connectivity index (χ1v) is 9.26. The number of para-hydroxylation sites is 2. The SMILES string of the molecule is CCOC(=O)c1oc2ccccc2c1CSc1ncnc2ccccc12. The van der Waals surface area contributed by atoms with Crippen molar-refractivity contribution in [2.45, 2.75) is 17.7 Å². The average Bonchev–Trinajstić information content (AvgIpc) is 3.05. The van der Waals surface area contributed by atoms with Crippen molar-refractivity contribution in [3.05, 3.63) is 66.2 Å². The van der Waals surface area contributed by atoms with Crippen molar-refractivity contribution < 1.29 is 13.9 Å². The molecule has 0 N–H and O–H groups in total. The third kappa shape index (κ3) is 3.04.